The van der Waals surface area contributed by atoms with Gasteiger partial charge in [0.2, 0.25) is 0 Å². The molecule has 144 valence electrons. The molecule has 7 nitrogen and oxygen atoms in total. The number of aliphatic hydroxyl groups excluding tert-OH is 1. The number of aromatic nitrogens is 1. The molecule has 3 aromatic rings. The summed E-state index contributed by atoms with van der Waals surface area (Å²) in [6.07, 6.45) is 1.48. The predicted molar refractivity (Wildman–Crippen MR) is 111 cm³/mol. The van der Waals surface area contributed by atoms with Crippen molar-refractivity contribution in [2.45, 2.75) is 25.7 Å². The van der Waals surface area contributed by atoms with Gasteiger partial charge in [-0.15, -0.1) is 11.3 Å². The number of fused-ring (bicyclic) bond motifs is 1. The Hall–Kier alpha value is -2.35. The Morgan fingerprint density at radius 2 is 2.25 bits per heavy atom. The monoisotopic (exact) mass is 415 g/mol. The Kier molecular flexibility index (Phi) is 5.39. The fourth-order valence-electron chi connectivity index (χ4n) is 3.46. The molecule has 3 heterocycles. The van der Waals surface area contributed by atoms with Crippen LogP contribution in [0.2, 0.25) is 5.02 Å². The van der Waals surface area contributed by atoms with Crippen molar-refractivity contribution in [3.63, 3.8) is 0 Å². The molecule has 2 atom stereocenters. The van der Waals surface area contributed by atoms with Crippen molar-refractivity contribution in [1.29, 1.82) is 0 Å². The summed E-state index contributed by atoms with van der Waals surface area (Å²) in [7, 11) is 0. The van der Waals surface area contributed by atoms with Crippen LogP contribution in [0.1, 0.15) is 10.4 Å². The number of nitrogens with zero attached hydrogens (tertiary/aromatic N) is 4. The second kappa shape index (κ2) is 7.95. The smallest absolute Gasteiger partial charge is 0.130 e. The first kappa shape index (κ1) is 19.0. The number of benzene rings is 1. The van der Waals surface area contributed by atoms with E-state index in [-0.39, 0.29) is 18.8 Å². The highest BCUT2D eigenvalue weighted by Crippen LogP contribution is 2.42. The maximum atomic E-state index is 9.50. The number of nitrogens with one attached hydrogen (secondary N) is 1. The minimum Gasteiger partial charge on any atom is -0.488 e. The van der Waals surface area contributed by atoms with Crippen LogP contribution in [0.5, 0.6) is 5.75 Å². The lowest BCUT2D eigenvalue weighted by Gasteiger charge is -2.21. The molecule has 1 aliphatic heterocycles. The fourth-order valence-corrected chi connectivity index (χ4v) is 4.73. The van der Waals surface area contributed by atoms with Crippen LogP contribution in [-0.2, 0) is 6.61 Å². The number of azide groups is 1. The zero-order valence-electron chi connectivity index (χ0n) is 15.1. The summed E-state index contributed by atoms with van der Waals surface area (Å²) < 4.78 is 7.31. The van der Waals surface area contributed by atoms with Gasteiger partial charge in [-0.05, 0) is 42.3 Å². The van der Waals surface area contributed by atoms with Crippen LogP contribution in [0.15, 0.2) is 35.6 Å². The van der Waals surface area contributed by atoms with Gasteiger partial charge in [-0.3, -0.25) is 4.98 Å². The number of pyridine rings is 1. The average Bonchev–Trinajstić information content (AvgIpc) is 3.30. The molecule has 1 aliphatic rings. The maximum Gasteiger partial charge on any atom is 0.130 e. The second-order valence-electron chi connectivity index (χ2n) is 6.63. The van der Waals surface area contributed by atoms with Gasteiger partial charge in [0.15, 0.2) is 0 Å². The van der Waals surface area contributed by atoms with E-state index in [9.17, 15) is 5.11 Å². The lowest BCUT2D eigenvalue weighted by Crippen LogP contribution is -2.29. The lowest BCUT2D eigenvalue weighted by molar-refractivity contribution is 0.205. The molecule has 2 N–H and O–H groups in total. The van der Waals surface area contributed by atoms with Crippen LogP contribution >= 0.6 is 22.9 Å². The first-order valence-corrected chi connectivity index (χ1v) is 10.0. The third-order valence-corrected chi connectivity index (χ3v) is 6.11. The summed E-state index contributed by atoms with van der Waals surface area (Å²) in [5.74, 6) is 0.711. The standard InChI is InChI=1S/C19H18ClN5O2S/c1-10-4-11(20)5-14(18(10)27-17-8-22-7-16(17)24-25-21)13-2-3-23-15-6-12(9-26)28-19(13)15/h2-6,16-17,22,26H,7-9H2,1H3/t16-,17+/m0/s1. The van der Waals surface area contributed by atoms with Crippen LogP contribution in [0.4, 0.5) is 0 Å². The minimum atomic E-state index is -0.270. The first-order chi connectivity index (χ1) is 13.6. The Labute approximate surface area is 170 Å². The maximum absolute atomic E-state index is 9.50. The van der Waals surface area contributed by atoms with Gasteiger partial charge in [0.05, 0.1) is 22.9 Å². The SMILES string of the molecule is Cc1cc(Cl)cc(-c2ccnc3cc(CO)sc23)c1O[C@@H]1CNC[C@@H]1N=[N+]=[N-]. The van der Waals surface area contributed by atoms with Crippen molar-refractivity contribution in [3.8, 4) is 16.9 Å². The molecule has 1 saturated heterocycles. The number of hydrogen-bond acceptors (Lipinski definition) is 6. The van der Waals surface area contributed by atoms with E-state index in [1.54, 1.807) is 6.20 Å². The summed E-state index contributed by atoms with van der Waals surface area (Å²) in [5, 5.41) is 17.2. The molecule has 2 aromatic heterocycles. The van der Waals surface area contributed by atoms with Crippen LogP contribution < -0.4 is 10.1 Å². The molecule has 0 radical (unpaired) electrons. The highest BCUT2D eigenvalue weighted by molar-refractivity contribution is 7.19. The van der Waals surface area contributed by atoms with Crippen LogP contribution in [0, 0.1) is 6.92 Å². The number of aliphatic hydroxyl groups is 1. The normalized spacial score (nSPS) is 19.0. The second-order valence-corrected chi connectivity index (χ2v) is 8.20. The highest BCUT2D eigenvalue weighted by Gasteiger charge is 2.29. The van der Waals surface area contributed by atoms with Gasteiger partial charge >= 0.3 is 0 Å². The zero-order chi connectivity index (χ0) is 19.7. The number of aryl methyl sites for hydroxylation is 1. The van der Waals surface area contributed by atoms with Gasteiger partial charge in [-0.25, -0.2) is 0 Å². The molecule has 1 fully saturated rings. The zero-order valence-corrected chi connectivity index (χ0v) is 16.7. The summed E-state index contributed by atoms with van der Waals surface area (Å²) in [6, 6.07) is 7.28. The molecule has 0 amide bonds. The molecular formula is C19H18ClN5O2S. The molecule has 0 unspecified atom stereocenters. The van der Waals surface area contributed by atoms with E-state index in [0.717, 1.165) is 31.8 Å². The number of halogens is 1. The van der Waals surface area contributed by atoms with Crippen molar-refractivity contribution < 1.29 is 9.84 Å². The average molecular weight is 416 g/mol. The molecule has 0 aliphatic carbocycles. The summed E-state index contributed by atoms with van der Waals surface area (Å²) in [5.41, 5.74) is 12.3. The first-order valence-electron chi connectivity index (χ1n) is 8.81. The molecule has 0 saturated carbocycles. The highest BCUT2D eigenvalue weighted by atomic mass is 35.5. The number of hydrogen-bond donors (Lipinski definition) is 2. The van der Waals surface area contributed by atoms with E-state index >= 15 is 0 Å². The Bertz CT molecular complexity index is 1080. The Morgan fingerprint density at radius 3 is 3.04 bits per heavy atom. The van der Waals surface area contributed by atoms with E-state index < -0.39 is 0 Å². The molecular weight excluding hydrogens is 398 g/mol. The van der Waals surface area contributed by atoms with E-state index in [1.165, 1.54) is 11.3 Å². The van der Waals surface area contributed by atoms with Crippen molar-refractivity contribution >= 4 is 33.2 Å². The molecule has 9 heteroatoms. The molecule has 4 rings (SSSR count). The van der Waals surface area contributed by atoms with Gasteiger partial charge in [-0.2, -0.15) is 0 Å². The third kappa shape index (κ3) is 3.53. The summed E-state index contributed by atoms with van der Waals surface area (Å²) in [4.78, 5) is 8.19. The third-order valence-electron chi connectivity index (χ3n) is 4.75. The van der Waals surface area contributed by atoms with Gasteiger partial charge in [0, 0.05) is 45.2 Å². The van der Waals surface area contributed by atoms with Crippen LogP contribution in [-0.4, -0.2) is 35.3 Å². The number of thiophene rings is 1. The molecule has 28 heavy (non-hydrogen) atoms. The summed E-state index contributed by atoms with van der Waals surface area (Å²) in [6.45, 7) is 3.10. The fraction of sp³-hybridized carbons (Fsp3) is 0.316. The molecule has 1 aromatic carbocycles. The van der Waals surface area contributed by atoms with E-state index in [0.29, 0.717) is 23.9 Å². The number of rotatable bonds is 5. The predicted octanol–water partition coefficient (Wildman–Crippen LogP) is 4.45. The Balaban J connectivity index is 1.84. The largest absolute Gasteiger partial charge is 0.488 e. The van der Waals surface area contributed by atoms with Crippen LogP contribution in [0.3, 0.4) is 0 Å². The van der Waals surface area contributed by atoms with Gasteiger partial charge in [0.25, 0.3) is 0 Å². The van der Waals surface area contributed by atoms with Gasteiger partial charge in [0.1, 0.15) is 11.9 Å². The topological polar surface area (TPSA) is 103 Å². The van der Waals surface area contributed by atoms with Crippen LogP contribution in [0.25, 0.3) is 31.8 Å². The quantitative estimate of drug-likeness (QED) is 0.365. The van der Waals surface area contributed by atoms with Crippen molar-refractivity contribution in [3.05, 3.63) is 56.4 Å². The van der Waals surface area contributed by atoms with E-state index in [2.05, 4.69) is 20.3 Å². The lowest BCUT2D eigenvalue weighted by atomic mass is 10.0. The molecule has 0 spiro atoms. The van der Waals surface area contributed by atoms with Gasteiger partial charge in [-0.1, -0.05) is 16.7 Å². The Morgan fingerprint density at radius 1 is 1.39 bits per heavy atom. The van der Waals surface area contributed by atoms with Crippen molar-refractivity contribution in [1.82, 2.24) is 10.3 Å². The van der Waals surface area contributed by atoms with Crippen molar-refractivity contribution in [2.24, 2.45) is 5.11 Å². The van der Waals surface area contributed by atoms with E-state index in [4.69, 9.17) is 21.9 Å². The number of ether oxygens (including phenoxy) is 1. The van der Waals surface area contributed by atoms with E-state index in [1.807, 2.05) is 31.2 Å². The van der Waals surface area contributed by atoms with Gasteiger partial charge < -0.3 is 15.2 Å². The molecule has 0 bridgehead atoms. The summed E-state index contributed by atoms with van der Waals surface area (Å²) >= 11 is 7.86. The van der Waals surface area contributed by atoms with Crippen molar-refractivity contribution in [2.75, 3.05) is 13.1 Å². The minimum absolute atomic E-state index is 0.0278.